The van der Waals surface area contributed by atoms with Gasteiger partial charge in [-0.1, -0.05) is 51.9 Å². The minimum Gasteiger partial charge on any atom is -0.428 e. The van der Waals surface area contributed by atoms with E-state index in [1.165, 1.54) is 57.8 Å². The summed E-state index contributed by atoms with van der Waals surface area (Å²) in [5, 5.41) is 7.51. The summed E-state index contributed by atoms with van der Waals surface area (Å²) in [4.78, 5) is 0. The van der Waals surface area contributed by atoms with Crippen LogP contribution in [0, 0.1) is 0 Å². The number of aryl methyl sites for hydroxylation is 1. The van der Waals surface area contributed by atoms with Crippen LogP contribution in [0.2, 0.25) is 0 Å². The lowest BCUT2D eigenvalue weighted by Gasteiger charge is -1.99. The summed E-state index contributed by atoms with van der Waals surface area (Å²) in [7, 11) is 0. The molecule has 3 nitrogen and oxygen atoms in total. The average molecular weight is 210 g/mol. The molecule has 1 heterocycles. The van der Waals surface area contributed by atoms with Crippen LogP contribution >= 0.6 is 0 Å². The molecule has 0 fully saturated rings. The van der Waals surface area contributed by atoms with Crippen molar-refractivity contribution in [2.75, 3.05) is 0 Å². The van der Waals surface area contributed by atoms with E-state index >= 15 is 0 Å². The second kappa shape index (κ2) is 8.45. The third kappa shape index (κ3) is 6.26. The molecule has 0 amide bonds. The fourth-order valence-corrected chi connectivity index (χ4v) is 1.71. The molecule has 0 spiro atoms. The molecule has 0 aliphatic heterocycles. The van der Waals surface area contributed by atoms with Crippen LogP contribution in [0.5, 0.6) is 0 Å². The smallest absolute Gasteiger partial charge is 0.216 e. The van der Waals surface area contributed by atoms with Gasteiger partial charge in [-0.3, -0.25) is 0 Å². The van der Waals surface area contributed by atoms with E-state index in [9.17, 15) is 0 Å². The summed E-state index contributed by atoms with van der Waals surface area (Å²) >= 11 is 0. The summed E-state index contributed by atoms with van der Waals surface area (Å²) in [6, 6.07) is 0. The van der Waals surface area contributed by atoms with Gasteiger partial charge in [0.1, 0.15) is 0 Å². The number of unbranched alkanes of at least 4 members (excludes halogenated alkanes) is 7. The normalized spacial score (nSPS) is 10.7. The van der Waals surface area contributed by atoms with Crippen LogP contribution < -0.4 is 0 Å². The first-order valence-corrected chi connectivity index (χ1v) is 6.18. The van der Waals surface area contributed by atoms with Crippen molar-refractivity contribution in [3.63, 3.8) is 0 Å². The molecule has 86 valence electrons. The first-order valence-electron chi connectivity index (χ1n) is 6.18. The Kier molecular flexibility index (Phi) is 6.88. The van der Waals surface area contributed by atoms with E-state index in [2.05, 4.69) is 17.1 Å². The van der Waals surface area contributed by atoms with Crippen LogP contribution in [0.3, 0.4) is 0 Å². The summed E-state index contributed by atoms with van der Waals surface area (Å²) in [6.07, 6.45) is 13.1. The van der Waals surface area contributed by atoms with Gasteiger partial charge in [0, 0.05) is 6.42 Å². The lowest BCUT2D eigenvalue weighted by atomic mass is 10.1. The molecule has 0 atom stereocenters. The molecule has 0 bridgehead atoms. The number of hydrogen-bond donors (Lipinski definition) is 0. The maximum absolute atomic E-state index is 5.07. The third-order valence-electron chi connectivity index (χ3n) is 2.65. The van der Waals surface area contributed by atoms with Crippen molar-refractivity contribution in [1.29, 1.82) is 0 Å². The van der Waals surface area contributed by atoms with Crippen molar-refractivity contribution in [3.05, 3.63) is 12.3 Å². The SMILES string of the molecule is CCCCCCCCCCc1nnco1. The molecular weight excluding hydrogens is 188 g/mol. The highest BCUT2D eigenvalue weighted by molar-refractivity contribution is 4.71. The van der Waals surface area contributed by atoms with Crippen LogP contribution in [0.1, 0.15) is 64.2 Å². The van der Waals surface area contributed by atoms with Crippen LogP contribution in [0.4, 0.5) is 0 Å². The van der Waals surface area contributed by atoms with Gasteiger partial charge < -0.3 is 4.42 Å². The summed E-state index contributed by atoms with van der Waals surface area (Å²) in [6.45, 7) is 2.25. The van der Waals surface area contributed by atoms with E-state index in [0.29, 0.717) is 0 Å². The number of aromatic nitrogens is 2. The molecule has 0 radical (unpaired) electrons. The van der Waals surface area contributed by atoms with Crippen molar-refractivity contribution in [2.24, 2.45) is 0 Å². The van der Waals surface area contributed by atoms with Crippen LogP contribution in [-0.2, 0) is 6.42 Å². The molecule has 0 aliphatic carbocycles. The quantitative estimate of drug-likeness (QED) is 0.583. The van der Waals surface area contributed by atoms with E-state index in [1.807, 2.05) is 0 Å². The second-order valence-electron chi connectivity index (χ2n) is 4.06. The summed E-state index contributed by atoms with van der Waals surface area (Å²) in [5.41, 5.74) is 0. The largest absolute Gasteiger partial charge is 0.428 e. The molecule has 0 aromatic carbocycles. The van der Waals surface area contributed by atoms with E-state index in [-0.39, 0.29) is 0 Å². The van der Waals surface area contributed by atoms with Gasteiger partial charge in [-0.05, 0) is 6.42 Å². The minimum absolute atomic E-state index is 0.779. The summed E-state index contributed by atoms with van der Waals surface area (Å²) < 4.78 is 5.07. The van der Waals surface area contributed by atoms with Crippen LogP contribution in [0.25, 0.3) is 0 Å². The molecule has 0 saturated heterocycles. The highest BCUT2D eigenvalue weighted by Crippen LogP contribution is 2.09. The third-order valence-corrected chi connectivity index (χ3v) is 2.65. The molecule has 0 aliphatic rings. The first-order chi connectivity index (χ1) is 7.43. The van der Waals surface area contributed by atoms with Gasteiger partial charge in [0.15, 0.2) is 0 Å². The lowest BCUT2D eigenvalue weighted by Crippen LogP contribution is -1.86. The Hall–Kier alpha value is -0.860. The lowest BCUT2D eigenvalue weighted by molar-refractivity contribution is 0.476. The molecule has 0 saturated carbocycles. The van der Waals surface area contributed by atoms with E-state index in [4.69, 9.17) is 4.42 Å². The average Bonchev–Trinajstić information content (AvgIpc) is 2.75. The number of hydrogen-bond acceptors (Lipinski definition) is 3. The fraction of sp³-hybridized carbons (Fsp3) is 0.833. The van der Waals surface area contributed by atoms with Crippen molar-refractivity contribution in [3.8, 4) is 0 Å². The minimum atomic E-state index is 0.779. The Balaban J connectivity index is 1.81. The maximum atomic E-state index is 5.07. The van der Waals surface area contributed by atoms with Crippen molar-refractivity contribution >= 4 is 0 Å². The van der Waals surface area contributed by atoms with Gasteiger partial charge in [-0.15, -0.1) is 10.2 Å². The molecule has 0 N–H and O–H groups in total. The zero-order valence-corrected chi connectivity index (χ0v) is 9.74. The van der Waals surface area contributed by atoms with E-state index in [0.717, 1.165) is 12.3 Å². The molecule has 15 heavy (non-hydrogen) atoms. The zero-order chi connectivity index (χ0) is 10.8. The second-order valence-corrected chi connectivity index (χ2v) is 4.06. The number of rotatable bonds is 9. The fourth-order valence-electron chi connectivity index (χ4n) is 1.71. The van der Waals surface area contributed by atoms with Gasteiger partial charge >= 0.3 is 0 Å². The van der Waals surface area contributed by atoms with Crippen molar-refractivity contribution < 1.29 is 4.42 Å². The standard InChI is InChI=1S/C12H22N2O/c1-2-3-4-5-6-7-8-9-10-12-14-13-11-15-12/h11H,2-10H2,1H3. The van der Waals surface area contributed by atoms with Gasteiger partial charge in [-0.2, -0.15) is 0 Å². The van der Waals surface area contributed by atoms with Gasteiger partial charge in [0.25, 0.3) is 0 Å². The molecular formula is C12H22N2O. The molecule has 1 aromatic heterocycles. The predicted molar refractivity (Wildman–Crippen MR) is 60.6 cm³/mol. The topological polar surface area (TPSA) is 38.9 Å². The molecule has 3 heteroatoms. The highest BCUT2D eigenvalue weighted by atomic mass is 16.4. The van der Waals surface area contributed by atoms with Crippen molar-refractivity contribution in [1.82, 2.24) is 10.2 Å². The Morgan fingerprint density at radius 2 is 1.67 bits per heavy atom. The summed E-state index contributed by atoms with van der Waals surface area (Å²) in [5.74, 6) is 0.779. The maximum Gasteiger partial charge on any atom is 0.216 e. The van der Waals surface area contributed by atoms with E-state index < -0.39 is 0 Å². The predicted octanol–water partition coefficient (Wildman–Crippen LogP) is 3.75. The van der Waals surface area contributed by atoms with E-state index in [1.54, 1.807) is 0 Å². The van der Waals surface area contributed by atoms with Crippen LogP contribution in [-0.4, -0.2) is 10.2 Å². The monoisotopic (exact) mass is 210 g/mol. The number of nitrogens with zero attached hydrogens (tertiary/aromatic N) is 2. The van der Waals surface area contributed by atoms with Gasteiger partial charge in [0.05, 0.1) is 0 Å². The molecule has 0 unspecified atom stereocenters. The first kappa shape index (κ1) is 12.2. The molecule has 1 aromatic rings. The van der Waals surface area contributed by atoms with Crippen LogP contribution in [0.15, 0.2) is 10.8 Å². The van der Waals surface area contributed by atoms with Crippen molar-refractivity contribution in [2.45, 2.75) is 64.7 Å². The zero-order valence-electron chi connectivity index (χ0n) is 9.74. The Morgan fingerprint density at radius 1 is 1.00 bits per heavy atom. The Morgan fingerprint density at radius 3 is 2.27 bits per heavy atom. The van der Waals surface area contributed by atoms with Gasteiger partial charge in [0.2, 0.25) is 12.3 Å². The molecule has 1 rings (SSSR count). The Bertz CT molecular complexity index is 222. The van der Waals surface area contributed by atoms with Gasteiger partial charge in [-0.25, -0.2) is 0 Å². The highest BCUT2D eigenvalue weighted by Gasteiger charge is 1.97. The Labute approximate surface area is 92.3 Å².